The van der Waals surface area contributed by atoms with Crippen molar-refractivity contribution in [3.8, 4) is 0 Å². The fraction of sp³-hybridized carbons (Fsp3) is 0.238. The lowest BCUT2D eigenvalue weighted by atomic mass is 10.00. The van der Waals surface area contributed by atoms with Gasteiger partial charge in [0.05, 0.1) is 5.69 Å². The van der Waals surface area contributed by atoms with Crippen LogP contribution in [0.1, 0.15) is 37.3 Å². The first-order chi connectivity index (χ1) is 12.4. The highest BCUT2D eigenvalue weighted by Gasteiger charge is 2.10. The predicted molar refractivity (Wildman–Crippen MR) is 102 cm³/mol. The molecular formula is C21H21FN2O2. The highest BCUT2D eigenvalue weighted by atomic mass is 19.1. The lowest BCUT2D eigenvalue weighted by molar-refractivity contribution is -0.116. The number of nitrogens with one attached hydrogen (secondary N) is 2. The van der Waals surface area contributed by atoms with E-state index in [9.17, 15) is 14.0 Å². The number of anilines is 1. The molecule has 0 unspecified atom stereocenters. The van der Waals surface area contributed by atoms with E-state index in [1.807, 2.05) is 18.2 Å². The Morgan fingerprint density at radius 1 is 1.15 bits per heavy atom. The first-order valence-corrected chi connectivity index (χ1v) is 8.64. The SMILES string of the molecule is CC(C)c1ccc2[nH]c(=O)c(CCC(=O)Nc3ccccc3F)cc2c1. The summed E-state index contributed by atoms with van der Waals surface area (Å²) < 4.78 is 13.6. The van der Waals surface area contributed by atoms with E-state index >= 15 is 0 Å². The van der Waals surface area contributed by atoms with Crippen molar-refractivity contribution in [2.75, 3.05) is 5.32 Å². The van der Waals surface area contributed by atoms with E-state index in [0.717, 1.165) is 10.9 Å². The molecule has 0 aliphatic rings. The third-order valence-corrected chi connectivity index (χ3v) is 4.38. The Bertz CT molecular complexity index is 1010. The summed E-state index contributed by atoms with van der Waals surface area (Å²) in [7, 11) is 0. The Labute approximate surface area is 151 Å². The molecule has 0 fully saturated rings. The minimum atomic E-state index is -0.481. The van der Waals surface area contributed by atoms with Gasteiger partial charge in [0.2, 0.25) is 5.91 Å². The topological polar surface area (TPSA) is 62.0 Å². The molecular weight excluding hydrogens is 331 g/mol. The molecule has 5 heteroatoms. The number of amides is 1. The van der Waals surface area contributed by atoms with E-state index in [4.69, 9.17) is 0 Å². The van der Waals surface area contributed by atoms with Gasteiger partial charge in [-0.2, -0.15) is 0 Å². The number of hydrogen-bond donors (Lipinski definition) is 2. The molecule has 0 saturated heterocycles. The molecule has 3 aromatic rings. The van der Waals surface area contributed by atoms with E-state index in [1.54, 1.807) is 12.1 Å². The van der Waals surface area contributed by atoms with Crippen molar-refractivity contribution < 1.29 is 9.18 Å². The van der Waals surface area contributed by atoms with Crippen molar-refractivity contribution >= 4 is 22.5 Å². The Morgan fingerprint density at radius 3 is 2.65 bits per heavy atom. The van der Waals surface area contributed by atoms with Gasteiger partial charge in [0.25, 0.3) is 5.56 Å². The molecule has 1 aromatic heterocycles. The molecule has 2 N–H and O–H groups in total. The summed E-state index contributed by atoms with van der Waals surface area (Å²) in [6.07, 6.45) is 0.393. The number of aromatic amines is 1. The molecule has 1 amide bonds. The minimum absolute atomic E-state index is 0.104. The van der Waals surface area contributed by atoms with Crippen LogP contribution in [0.5, 0.6) is 0 Å². The maximum atomic E-state index is 13.6. The molecule has 0 atom stereocenters. The second-order valence-corrected chi connectivity index (χ2v) is 6.65. The van der Waals surface area contributed by atoms with Crippen molar-refractivity contribution in [1.82, 2.24) is 4.98 Å². The molecule has 0 spiro atoms. The van der Waals surface area contributed by atoms with Gasteiger partial charge in [0.1, 0.15) is 5.82 Å². The second kappa shape index (κ2) is 7.52. The van der Waals surface area contributed by atoms with Crippen molar-refractivity contribution in [2.45, 2.75) is 32.6 Å². The van der Waals surface area contributed by atoms with Crippen LogP contribution >= 0.6 is 0 Å². The number of carbonyl (C=O) groups excluding carboxylic acids is 1. The summed E-state index contributed by atoms with van der Waals surface area (Å²) in [5.74, 6) is -0.419. The lowest BCUT2D eigenvalue weighted by Gasteiger charge is -2.09. The molecule has 4 nitrogen and oxygen atoms in total. The Morgan fingerprint density at radius 2 is 1.92 bits per heavy atom. The molecule has 2 aromatic carbocycles. The predicted octanol–water partition coefficient (Wildman–Crippen LogP) is 4.36. The highest BCUT2D eigenvalue weighted by Crippen LogP contribution is 2.20. The van der Waals surface area contributed by atoms with E-state index < -0.39 is 5.82 Å². The standard InChI is InChI=1S/C21H21FN2O2/c1-13(2)14-7-9-18-16(11-14)12-15(21(26)24-18)8-10-20(25)23-19-6-4-3-5-17(19)22/h3-7,9,11-13H,8,10H2,1-2H3,(H,23,25)(H,24,26). The summed E-state index contributed by atoms with van der Waals surface area (Å²) in [5, 5.41) is 3.48. The van der Waals surface area contributed by atoms with Gasteiger partial charge in [-0.3, -0.25) is 9.59 Å². The van der Waals surface area contributed by atoms with Gasteiger partial charge in [0.15, 0.2) is 0 Å². The van der Waals surface area contributed by atoms with Gasteiger partial charge in [0, 0.05) is 17.5 Å². The summed E-state index contributed by atoms with van der Waals surface area (Å²) in [4.78, 5) is 27.2. The van der Waals surface area contributed by atoms with Crippen LogP contribution in [0.15, 0.2) is 53.3 Å². The fourth-order valence-electron chi connectivity index (χ4n) is 2.84. The Kier molecular flexibility index (Phi) is 5.16. The zero-order chi connectivity index (χ0) is 18.7. The van der Waals surface area contributed by atoms with Gasteiger partial charge in [-0.1, -0.05) is 32.0 Å². The second-order valence-electron chi connectivity index (χ2n) is 6.65. The van der Waals surface area contributed by atoms with Gasteiger partial charge in [-0.25, -0.2) is 4.39 Å². The zero-order valence-corrected chi connectivity index (χ0v) is 14.8. The number of benzene rings is 2. The number of aromatic nitrogens is 1. The van der Waals surface area contributed by atoms with Crippen LogP contribution < -0.4 is 10.9 Å². The largest absolute Gasteiger partial charge is 0.324 e. The minimum Gasteiger partial charge on any atom is -0.324 e. The van der Waals surface area contributed by atoms with E-state index in [-0.39, 0.29) is 30.0 Å². The van der Waals surface area contributed by atoms with Crippen LogP contribution in [0.2, 0.25) is 0 Å². The molecule has 3 rings (SSSR count). The van der Waals surface area contributed by atoms with Crippen molar-refractivity contribution in [3.05, 3.63) is 75.8 Å². The smallest absolute Gasteiger partial charge is 0.251 e. The molecule has 0 aliphatic carbocycles. The third kappa shape index (κ3) is 3.99. The first kappa shape index (κ1) is 17.9. The molecule has 134 valence electrons. The maximum Gasteiger partial charge on any atom is 0.251 e. The van der Waals surface area contributed by atoms with E-state index in [0.29, 0.717) is 11.5 Å². The number of H-pyrrole nitrogens is 1. The lowest BCUT2D eigenvalue weighted by Crippen LogP contribution is -2.17. The normalized spacial score (nSPS) is 11.1. The van der Waals surface area contributed by atoms with Crippen LogP contribution in [-0.4, -0.2) is 10.9 Å². The van der Waals surface area contributed by atoms with E-state index in [2.05, 4.69) is 30.2 Å². The fourth-order valence-corrected chi connectivity index (χ4v) is 2.84. The van der Waals surface area contributed by atoms with Crippen LogP contribution in [0, 0.1) is 5.82 Å². The van der Waals surface area contributed by atoms with Crippen LogP contribution in [-0.2, 0) is 11.2 Å². The quantitative estimate of drug-likeness (QED) is 0.716. The molecule has 26 heavy (non-hydrogen) atoms. The average molecular weight is 352 g/mol. The van der Waals surface area contributed by atoms with Crippen LogP contribution in [0.25, 0.3) is 10.9 Å². The summed E-state index contributed by atoms with van der Waals surface area (Å²) in [5.41, 5.74) is 2.45. The Hall–Kier alpha value is -2.95. The van der Waals surface area contributed by atoms with Crippen LogP contribution in [0.3, 0.4) is 0 Å². The maximum absolute atomic E-state index is 13.6. The number of para-hydroxylation sites is 1. The molecule has 0 bridgehead atoms. The summed E-state index contributed by atoms with van der Waals surface area (Å²) in [6.45, 7) is 4.22. The molecule has 0 aliphatic heterocycles. The van der Waals surface area contributed by atoms with Gasteiger partial charge in [-0.15, -0.1) is 0 Å². The number of aryl methyl sites for hydroxylation is 1. The van der Waals surface area contributed by atoms with Gasteiger partial charge >= 0.3 is 0 Å². The monoisotopic (exact) mass is 352 g/mol. The van der Waals surface area contributed by atoms with Crippen molar-refractivity contribution in [2.24, 2.45) is 0 Å². The Balaban J connectivity index is 1.75. The number of halogens is 1. The summed E-state index contributed by atoms with van der Waals surface area (Å²) in [6, 6.07) is 13.8. The number of carbonyl (C=O) groups is 1. The van der Waals surface area contributed by atoms with Crippen LogP contribution in [0.4, 0.5) is 10.1 Å². The van der Waals surface area contributed by atoms with E-state index in [1.165, 1.54) is 17.7 Å². The molecule has 0 saturated carbocycles. The zero-order valence-electron chi connectivity index (χ0n) is 14.8. The van der Waals surface area contributed by atoms with Gasteiger partial charge in [-0.05, 0) is 53.6 Å². The highest BCUT2D eigenvalue weighted by molar-refractivity contribution is 5.91. The third-order valence-electron chi connectivity index (χ3n) is 4.38. The summed E-state index contributed by atoms with van der Waals surface area (Å²) >= 11 is 0. The number of rotatable bonds is 5. The number of fused-ring (bicyclic) bond motifs is 1. The van der Waals surface area contributed by atoms with Crippen molar-refractivity contribution in [3.63, 3.8) is 0 Å². The number of pyridine rings is 1. The van der Waals surface area contributed by atoms with Gasteiger partial charge < -0.3 is 10.3 Å². The number of hydrogen-bond acceptors (Lipinski definition) is 2. The molecule has 0 radical (unpaired) electrons. The molecule has 1 heterocycles. The average Bonchev–Trinajstić information content (AvgIpc) is 2.61. The van der Waals surface area contributed by atoms with Crippen molar-refractivity contribution in [1.29, 1.82) is 0 Å². The first-order valence-electron chi connectivity index (χ1n) is 8.64.